The van der Waals surface area contributed by atoms with Gasteiger partial charge in [-0.3, -0.25) is 4.55 Å². The highest BCUT2D eigenvalue weighted by Crippen LogP contribution is 2.38. The molecule has 0 aliphatic rings. The third-order valence-corrected chi connectivity index (χ3v) is 3.65. The summed E-state index contributed by atoms with van der Waals surface area (Å²) >= 11 is 0. The summed E-state index contributed by atoms with van der Waals surface area (Å²) < 4.78 is 36.1. The van der Waals surface area contributed by atoms with E-state index in [9.17, 15) is 8.42 Å². The van der Waals surface area contributed by atoms with Crippen molar-refractivity contribution in [3.8, 4) is 5.75 Å². The zero-order valence-corrected chi connectivity index (χ0v) is 13.8. The normalized spacial score (nSPS) is 12.5. The number of hydrogen-bond donors (Lipinski definition) is 1. The maximum atomic E-state index is 11.1. The van der Waals surface area contributed by atoms with E-state index >= 15 is 0 Å². The smallest absolute Gasteiger partial charge is 0.361 e. The first-order chi connectivity index (χ1) is 9.03. The molecule has 0 radical (unpaired) electrons. The lowest BCUT2D eigenvalue weighted by Gasteiger charge is -2.21. The molecule has 1 N–H and O–H groups in total. The Morgan fingerprint density at radius 1 is 0.900 bits per heavy atom. The van der Waals surface area contributed by atoms with Gasteiger partial charge in [0.05, 0.1) is 0 Å². The molecule has 0 heterocycles. The minimum Gasteiger partial charge on any atom is -0.361 e. The molecule has 114 valence electrons. The van der Waals surface area contributed by atoms with Crippen molar-refractivity contribution >= 4 is 10.4 Å². The van der Waals surface area contributed by atoms with Gasteiger partial charge >= 0.3 is 10.4 Å². The highest BCUT2D eigenvalue weighted by atomic mass is 32.3. The van der Waals surface area contributed by atoms with E-state index in [2.05, 4.69) is 13.8 Å². The van der Waals surface area contributed by atoms with Crippen LogP contribution in [0.1, 0.15) is 76.0 Å². The molecule has 0 atom stereocenters. The van der Waals surface area contributed by atoms with Crippen LogP contribution < -0.4 is 4.18 Å². The van der Waals surface area contributed by atoms with Crippen LogP contribution in [0, 0.1) is 0 Å². The van der Waals surface area contributed by atoms with E-state index in [-0.39, 0.29) is 17.6 Å². The third kappa shape index (κ3) is 4.21. The number of rotatable bonds is 5. The standard InChI is InChI=1S/C15H24O4S/c1-9(2)12-7-13(10(3)4)15(19-20(16,17)18)14(8-12)11(5)6/h7-11H,1-6H3,(H,16,17,18). The van der Waals surface area contributed by atoms with Gasteiger partial charge in [-0.25, -0.2) is 0 Å². The van der Waals surface area contributed by atoms with Gasteiger partial charge in [0.15, 0.2) is 5.75 Å². The van der Waals surface area contributed by atoms with Gasteiger partial charge in [0.2, 0.25) is 0 Å². The molecule has 0 amide bonds. The molecule has 0 unspecified atom stereocenters. The summed E-state index contributed by atoms with van der Waals surface area (Å²) in [7, 11) is -4.52. The van der Waals surface area contributed by atoms with Crippen molar-refractivity contribution in [1.82, 2.24) is 0 Å². The monoisotopic (exact) mass is 300 g/mol. The van der Waals surface area contributed by atoms with Gasteiger partial charge in [0.1, 0.15) is 0 Å². The summed E-state index contributed by atoms with van der Waals surface area (Å²) in [6.07, 6.45) is 0. The lowest BCUT2D eigenvalue weighted by Crippen LogP contribution is -2.12. The Kier molecular flexibility index (Phi) is 5.21. The average Bonchev–Trinajstić information content (AvgIpc) is 2.25. The van der Waals surface area contributed by atoms with Gasteiger partial charge in [0.25, 0.3) is 0 Å². The van der Waals surface area contributed by atoms with Gasteiger partial charge < -0.3 is 4.18 Å². The van der Waals surface area contributed by atoms with Crippen LogP contribution in [0.25, 0.3) is 0 Å². The molecule has 0 aromatic heterocycles. The maximum Gasteiger partial charge on any atom is 0.446 e. The van der Waals surface area contributed by atoms with Gasteiger partial charge in [-0.1, -0.05) is 53.7 Å². The molecule has 1 rings (SSSR count). The van der Waals surface area contributed by atoms with Crippen molar-refractivity contribution in [2.24, 2.45) is 0 Å². The molecule has 1 aromatic rings. The van der Waals surface area contributed by atoms with Crippen LogP contribution in [0.2, 0.25) is 0 Å². The Bertz CT molecular complexity index is 543. The molecule has 0 saturated carbocycles. The van der Waals surface area contributed by atoms with Crippen LogP contribution in [0.3, 0.4) is 0 Å². The molecule has 4 nitrogen and oxygen atoms in total. The highest BCUT2D eigenvalue weighted by Gasteiger charge is 2.22. The van der Waals surface area contributed by atoms with Crippen molar-refractivity contribution in [3.05, 3.63) is 28.8 Å². The van der Waals surface area contributed by atoms with Crippen LogP contribution in [-0.2, 0) is 10.4 Å². The summed E-state index contributed by atoms with van der Waals surface area (Å²) in [6.45, 7) is 12.1. The van der Waals surface area contributed by atoms with E-state index in [1.807, 2.05) is 39.8 Å². The molecule has 20 heavy (non-hydrogen) atoms. The van der Waals surface area contributed by atoms with Gasteiger partial charge in [-0.15, -0.1) is 0 Å². The third-order valence-electron chi connectivity index (χ3n) is 3.27. The minimum absolute atomic E-state index is 0.1000. The molecular formula is C15H24O4S. The molecule has 0 spiro atoms. The lowest BCUT2D eigenvalue weighted by molar-refractivity contribution is 0.382. The molecule has 0 saturated heterocycles. The Morgan fingerprint density at radius 3 is 1.55 bits per heavy atom. The van der Waals surface area contributed by atoms with Gasteiger partial charge in [0, 0.05) is 0 Å². The first-order valence-corrected chi connectivity index (χ1v) is 8.24. The SMILES string of the molecule is CC(C)c1cc(C(C)C)c(OS(=O)(=O)O)c(C(C)C)c1. The second-order valence-corrected chi connectivity index (χ2v) is 7.03. The van der Waals surface area contributed by atoms with E-state index < -0.39 is 10.4 Å². The predicted octanol–water partition coefficient (Wildman–Crippen LogP) is 4.24. The quantitative estimate of drug-likeness (QED) is 0.826. The molecule has 0 aliphatic carbocycles. The minimum atomic E-state index is -4.52. The van der Waals surface area contributed by atoms with E-state index in [0.29, 0.717) is 5.92 Å². The fourth-order valence-electron chi connectivity index (χ4n) is 2.09. The summed E-state index contributed by atoms with van der Waals surface area (Å²) in [5.41, 5.74) is 2.75. The van der Waals surface area contributed by atoms with E-state index in [0.717, 1.165) is 16.7 Å². The van der Waals surface area contributed by atoms with Crippen LogP contribution in [0.5, 0.6) is 5.75 Å². The Hall–Kier alpha value is -1.07. The van der Waals surface area contributed by atoms with E-state index in [4.69, 9.17) is 8.74 Å². The Morgan fingerprint density at radius 2 is 1.30 bits per heavy atom. The molecule has 5 heteroatoms. The largest absolute Gasteiger partial charge is 0.446 e. The van der Waals surface area contributed by atoms with Crippen LogP contribution in [0.4, 0.5) is 0 Å². The summed E-state index contributed by atoms with van der Waals surface area (Å²) in [6, 6.07) is 3.92. The van der Waals surface area contributed by atoms with Crippen LogP contribution in [-0.4, -0.2) is 13.0 Å². The molecular weight excluding hydrogens is 276 g/mol. The Labute approximate surface area is 122 Å². The van der Waals surface area contributed by atoms with Crippen LogP contribution >= 0.6 is 0 Å². The second kappa shape index (κ2) is 6.14. The Balaban J connectivity index is 3.59. The molecule has 0 aliphatic heterocycles. The zero-order valence-electron chi connectivity index (χ0n) is 13.0. The first kappa shape index (κ1) is 17.0. The van der Waals surface area contributed by atoms with Gasteiger partial charge in [-0.05, 0) is 34.4 Å². The van der Waals surface area contributed by atoms with Crippen molar-refractivity contribution in [3.63, 3.8) is 0 Å². The predicted molar refractivity (Wildman–Crippen MR) is 80.9 cm³/mol. The van der Waals surface area contributed by atoms with Crippen molar-refractivity contribution in [2.75, 3.05) is 0 Å². The molecule has 0 fully saturated rings. The van der Waals surface area contributed by atoms with Crippen molar-refractivity contribution in [1.29, 1.82) is 0 Å². The van der Waals surface area contributed by atoms with Crippen molar-refractivity contribution in [2.45, 2.75) is 59.3 Å². The summed E-state index contributed by atoms with van der Waals surface area (Å²) in [4.78, 5) is 0. The van der Waals surface area contributed by atoms with E-state index in [1.165, 1.54) is 0 Å². The number of hydrogen-bond acceptors (Lipinski definition) is 3. The maximum absolute atomic E-state index is 11.1. The molecule has 1 aromatic carbocycles. The average molecular weight is 300 g/mol. The molecule has 0 bridgehead atoms. The first-order valence-electron chi connectivity index (χ1n) is 6.87. The fraction of sp³-hybridized carbons (Fsp3) is 0.600. The topological polar surface area (TPSA) is 63.6 Å². The fourth-order valence-corrected chi connectivity index (χ4v) is 2.49. The number of benzene rings is 1. The van der Waals surface area contributed by atoms with E-state index in [1.54, 1.807) is 0 Å². The highest BCUT2D eigenvalue weighted by molar-refractivity contribution is 7.81. The second-order valence-electron chi connectivity index (χ2n) is 6.00. The lowest BCUT2D eigenvalue weighted by atomic mass is 9.88. The van der Waals surface area contributed by atoms with Crippen molar-refractivity contribution < 1.29 is 17.2 Å². The van der Waals surface area contributed by atoms with Crippen LogP contribution in [0.15, 0.2) is 12.1 Å². The summed E-state index contributed by atoms with van der Waals surface area (Å²) in [5.74, 6) is 0.803. The zero-order chi connectivity index (χ0) is 15.7. The van der Waals surface area contributed by atoms with Gasteiger partial charge in [-0.2, -0.15) is 8.42 Å². The summed E-state index contributed by atoms with van der Waals surface area (Å²) in [5, 5.41) is 0.